The van der Waals surface area contributed by atoms with Gasteiger partial charge in [-0.1, -0.05) is 62.9 Å². The first kappa shape index (κ1) is 20.8. The minimum absolute atomic E-state index is 0.0404. The number of carbonyl (C=O) groups is 1. The zero-order valence-electron chi connectivity index (χ0n) is 16.6. The van der Waals surface area contributed by atoms with Crippen LogP contribution in [-0.2, 0) is 9.53 Å². The lowest BCUT2D eigenvalue weighted by molar-refractivity contribution is -0.135. The van der Waals surface area contributed by atoms with Crippen molar-refractivity contribution in [2.45, 2.75) is 69.7 Å². The van der Waals surface area contributed by atoms with Crippen molar-refractivity contribution in [1.29, 1.82) is 0 Å². The Balaban J connectivity index is 1.43. The molecule has 0 N–H and O–H groups in total. The lowest BCUT2D eigenvalue weighted by Crippen LogP contribution is -2.16. The van der Waals surface area contributed by atoms with E-state index in [0.29, 0.717) is 5.75 Å². The molecule has 2 aromatic rings. The van der Waals surface area contributed by atoms with Crippen LogP contribution in [0.15, 0.2) is 41.8 Å². The Morgan fingerprint density at radius 2 is 1.68 bits per heavy atom. The minimum atomic E-state index is -0.422. The second-order valence-corrected chi connectivity index (χ2v) is 8.14. The van der Waals surface area contributed by atoms with Gasteiger partial charge in [-0.3, -0.25) is 0 Å². The number of epoxide rings is 1. The fourth-order valence-corrected chi connectivity index (χ4v) is 3.69. The van der Waals surface area contributed by atoms with E-state index in [0.717, 1.165) is 22.0 Å². The van der Waals surface area contributed by atoms with Crippen LogP contribution in [0.4, 0.5) is 0 Å². The molecule has 0 radical (unpaired) electrons. The van der Waals surface area contributed by atoms with Crippen LogP contribution >= 0.6 is 11.8 Å². The van der Waals surface area contributed by atoms with Gasteiger partial charge in [-0.25, -0.2) is 14.8 Å². The third-order valence-electron chi connectivity index (χ3n) is 4.71. The fraction of sp³-hybridized carbons (Fsp3) is 0.500. The molecule has 1 aromatic carbocycles. The molecular weight excluding hydrogens is 372 g/mol. The van der Waals surface area contributed by atoms with E-state index in [4.69, 9.17) is 9.47 Å². The summed E-state index contributed by atoms with van der Waals surface area (Å²) >= 11 is 1.71. The minimum Gasteiger partial charge on any atom is -0.425 e. The van der Waals surface area contributed by atoms with Gasteiger partial charge in [-0.15, -0.1) is 0 Å². The SMILES string of the molecule is CCCCCCCCSc1ncc(-c2ccc(OC(=O)[C@@H]3O[C@@H]3C)cc2)cn1. The molecule has 3 rings (SSSR count). The molecule has 5 nitrogen and oxygen atoms in total. The smallest absolute Gasteiger partial charge is 0.343 e. The molecule has 1 saturated heterocycles. The Labute approximate surface area is 171 Å². The van der Waals surface area contributed by atoms with Gasteiger partial charge >= 0.3 is 5.97 Å². The van der Waals surface area contributed by atoms with Gasteiger partial charge in [-0.05, 0) is 31.0 Å². The fourth-order valence-electron chi connectivity index (χ4n) is 2.91. The van der Waals surface area contributed by atoms with Crippen LogP contribution < -0.4 is 4.74 Å². The number of thioether (sulfide) groups is 1. The molecule has 0 bridgehead atoms. The van der Waals surface area contributed by atoms with Crippen LogP contribution in [0.2, 0.25) is 0 Å². The van der Waals surface area contributed by atoms with Crippen molar-refractivity contribution in [3.63, 3.8) is 0 Å². The number of benzene rings is 1. The van der Waals surface area contributed by atoms with Crippen molar-refractivity contribution in [2.24, 2.45) is 0 Å². The van der Waals surface area contributed by atoms with Crippen molar-refractivity contribution < 1.29 is 14.3 Å². The van der Waals surface area contributed by atoms with Crippen molar-refractivity contribution in [1.82, 2.24) is 9.97 Å². The summed E-state index contributed by atoms with van der Waals surface area (Å²) in [5.41, 5.74) is 1.93. The molecule has 1 aliphatic heterocycles. The second kappa shape index (κ2) is 10.6. The van der Waals surface area contributed by atoms with Crippen LogP contribution in [-0.4, -0.2) is 33.9 Å². The van der Waals surface area contributed by atoms with E-state index in [-0.39, 0.29) is 12.1 Å². The molecule has 0 spiro atoms. The van der Waals surface area contributed by atoms with Gasteiger partial charge in [0.05, 0.1) is 6.10 Å². The molecule has 0 saturated carbocycles. The van der Waals surface area contributed by atoms with Gasteiger partial charge in [0, 0.05) is 23.7 Å². The molecule has 2 heterocycles. The Bertz CT molecular complexity index is 749. The summed E-state index contributed by atoms with van der Waals surface area (Å²) in [7, 11) is 0. The maximum atomic E-state index is 11.8. The first-order valence-electron chi connectivity index (χ1n) is 10.1. The third-order valence-corrected chi connectivity index (χ3v) is 5.67. The third kappa shape index (κ3) is 6.31. The van der Waals surface area contributed by atoms with E-state index in [1.807, 2.05) is 31.5 Å². The Morgan fingerprint density at radius 1 is 1.04 bits per heavy atom. The number of rotatable bonds is 11. The Kier molecular flexibility index (Phi) is 7.86. The van der Waals surface area contributed by atoms with Crippen LogP contribution in [0, 0.1) is 0 Å². The van der Waals surface area contributed by atoms with E-state index >= 15 is 0 Å². The van der Waals surface area contributed by atoms with E-state index in [2.05, 4.69) is 16.9 Å². The van der Waals surface area contributed by atoms with E-state index in [9.17, 15) is 4.79 Å². The van der Waals surface area contributed by atoms with Gasteiger partial charge < -0.3 is 9.47 Å². The van der Waals surface area contributed by atoms with Crippen molar-refractivity contribution in [3.05, 3.63) is 36.7 Å². The van der Waals surface area contributed by atoms with E-state index in [1.54, 1.807) is 23.9 Å². The largest absolute Gasteiger partial charge is 0.425 e. The van der Waals surface area contributed by atoms with E-state index in [1.165, 1.54) is 38.5 Å². The van der Waals surface area contributed by atoms with Gasteiger partial charge in [0.1, 0.15) is 5.75 Å². The molecule has 0 aliphatic carbocycles. The summed E-state index contributed by atoms with van der Waals surface area (Å²) in [4.78, 5) is 20.7. The molecule has 28 heavy (non-hydrogen) atoms. The van der Waals surface area contributed by atoms with Gasteiger partial charge in [0.15, 0.2) is 11.3 Å². The average Bonchev–Trinajstić information content (AvgIpc) is 3.45. The molecule has 1 aromatic heterocycles. The van der Waals surface area contributed by atoms with Crippen molar-refractivity contribution in [3.8, 4) is 16.9 Å². The van der Waals surface area contributed by atoms with Crippen LogP contribution in [0.25, 0.3) is 11.1 Å². The zero-order chi connectivity index (χ0) is 19.8. The molecule has 1 aliphatic rings. The molecule has 1 fully saturated rings. The lowest BCUT2D eigenvalue weighted by Gasteiger charge is -2.05. The van der Waals surface area contributed by atoms with E-state index < -0.39 is 6.10 Å². The maximum absolute atomic E-state index is 11.8. The number of aromatic nitrogens is 2. The van der Waals surface area contributed by atoms with Crippen molar-refractivity contribution in [2.75, 3.05) is 5.75 Å². The Morgan fingerprint density at radius 3 is 2.32 bits per heavy atom. The first-order valence-corrected chi connectivity index (χ1v) is 11.1. The van der Waals surface area contributed by atoms with Gasteiger partial charge in [0.25, 0.3) is 0 Å². The summed E-state index contributed by atoms with van der Waals surface area (Å²) in [6.07, 6.45) is 11.0. The molecule has 2 atom stereocenters. The predicted octanol–water partition coefficient (Wildman–Crippen LogP) is 5.29. The normalized spacial score (nSPS) is 18.1. The highest BCUT2D eigenvalue weighted by Crippen LogP contribution is 2.26. The Hall–Kier alpha value is -1.92. The number of nitrogens with zero attached hydrogens (tertiary/aromatic N) is 2. The summed E-state index contributed by atoms with van der Waals surface area (Å²) in [5.74, 6) is 1.24. The lowest BCUT2D eigenvalue weighted by atomic mass is 10.1. The molecule has 6 heteroatoms. The van der Waals surface area contributed by atoms with Crippen LogP contribution in [0.3, 0.4) is 0 Å². The summed E-state index contributed by atoms with van der Waals surface area (Å²) in [5, 5.41) is 0.821. The highest BCUT2D eigenvalue weighted by molar-refractivity contribution is 7.99. The first-order chi connectivity index (χ1) is 13.7. The average molecular weight is 401 g/mol. The second-order valence-electron chi connectivity index (χ2n) is 7.08. The zero-order valence-corrected chi connectivity index (χ0v) is 17.4. The van der Waals surface area contributed by atoms with Crippen LogP contribution in [0.5, 0.6) is 5.75 Å². The van der Waals surface area contributed by atoms with Gasteiger partial charge in [0.2, 0.25) is 0 Å². The predicted molar refractivity (Wildman–Crippen MR) is 112 cm³/mol. The molecular formula is C22H28N2O3S. The summed E-state index contributed by atoms with van der Waals surface area (Å²) in [6, 6.07) is 7.37. The summed E-state index contributed by atoms with van der Waals surface area (Å²) in [6.45, 7) is 4.09. The molecule has 150 valence electrons. The monoisotopic (exact) mass is 400 g/mol. The summed E-state index contributed by atoms with van der Waals surface area (Å²) < 4.78 is 10.4. The highest BCUT2D eigenvalue weighted by Gasteiger charge is 2.42. The van der Waals surface area contributed by atoms with Gasteiger partial charge in [-0.2, -0.15) is 0 Å². The highest BCUT2D eigenvalue weighted by atomic mass is 32.2. The number of esters is 1. The number of unbranched alkanes of at least 4 members (excludes halogenated alkanes) is 5. The number of carbonyl (C=O) groups excluding carboxylic acids is 1. The number of hydrogen-bond acceptors (Lipinski definition) is 6. The van der Waals surface area contributed by atoms with Crippen LogP contribution in [0.1, 0.15) is 52.4 Å². The number of ether oxygens (including phenoxy) is 2. The number of hydrogen-bond donors (Lipinski definition) is 0. The standard InChI is InChI=1S/C22H28N2O3S/c1-3-4-5-6-7-8-13-28-22-23-14-18(15-24-22)17-9-11-19(12-10-17)27-21(25)20-16(2)26-20/h9-12,14-16,20H,3-8,13H2,1-2H3/t16-,20-/m1/s1. The maximum Gasteiger partial charge on any atom is 0.343 e. The molecule has 0 unspecified atom stereocenters. The molecule has 0 amide bonds. The quantitative estimate of drug-likeness (QED) is 0.128. The van der Waals surface area contributed by atoms with Crippen molar-refractivity contribution >= 4 is 17.7 Å². The topological polar surface area (TPSA) is 64.6 Å².